The number of fused-ring (bicyclic) bond motifs is 2. The van der Waals surface area contributed by atoms with Gasteiger partial charge < -0.3 is 10.6 Å². The lowest BCUT2D eigenvalue weighted by molar-refractivity contribution is -0.00967. The maximum absolute atomic E-state index is 14.5. The normalized spacial score (nSPS) is 16.5. The van der Waals surface area contributed by atoms with E-state index in [1.165, 1.54) is 6.07 Å². The highest BCUT2D eigenvalue weighted by atomic mass is 19.3. The summed E-state index contributed by atoms with van der Waals surface area (Å²) < 4.78 is 28.9. The van der Waals surface area contributed by atoms with Crippen molar-refractivity contribution in [2.24, 2.45) is 0 Å². The Balaban J connectivity index is 1.78. The first kappa shape index (κ1) is 15.8. The zero-order valence-electron chi connectivity index (χ0n) is 14.0. The third-order valence-electron chi connectivity index (χ3n) is 4.77. The van der Waals surface area contributed by atoms with Gasteiger partial charge in [-0.25, -0.2) is 13.8 Å². The number of anilines is 2. The summed E-state index contributed by atoms with van der Waals surface area (Å²) in [7, 11) is 0. The van der Waals surface area contributed by atoms with E-state index >= 15 is 0 Å². The highest BCUT2D eigenvalue weighted by Crippen LogP contribution is 2.38. The molecule has 3 nitrogen and oxygen atoms in total. The lowest BCUT2D eigenvalue weighted by atomic mass is 10.0. The van der Waals surface area contributed by atoms with Gasteiger partial charge in [-0.2, -0.15) is 0 Å². The van der Waals surface area contributed by atoms with Crippen molar-refractivity contribution in [3.8, 4) is 0 Å². The van der Waals surface area contributed by atoms with Gasteiger partial charge in [0.05, 0.1) is 5.52 Å². The van der Waals surface area contributed by atoms with E-state index in [4.69, 9.17) is 5.73 Å². The van der Waals surface area contributed by atoms with Crippen molar-refractivity contribution in [3.63, 3.8) is 0 Å². The molecule has 0 bridgehead atoms. The van der Waals surface area contributed by atoms with Crippen LogP contribution in [0.1, 0.15) is 23.1 Å². The Morgan fingerprint density at radius 1 is 1.12 bits per heavy atom. The van der Waals surface area contributed by atoms with Gasteiger partial charge in [0.2, 0.25) is 0 Å². The first-order valence-electron chi connectivity index (χ1n) is 8.32. The van der Waals surface area contributed by atoms with Crippen molar-refractivity contribution in [1.82, 2.24) is 4.98 Å². The molecule has 2 heterocycles. The number of aryl methyl sites for hydroxylation is 1. The molecule has 0 unspecified atom stereocenters. The number of alkyl halides is 2. The Hall–Kier alpha value is -2.69. The standard InChI is InChI=1S/C20H19F2N3/c1-13-6-7-18-15(10-13)17(23)11-19(24-18)25-9-8-20(21,22)16-5-3-2-4-14(16)12-25/h2-7,10-11H,8-9,12H2,1H3,(H2,23,24). The summed E-state index contributed by atoms with van der Waals surface area (Å²) in [6, 6.07) is 14.4. The monoisotopic (exact) mass is 339 g/mol. The Labute approximate surface area is 145 Å². The average molecular weight is 339 g/mol. The van der Waals surface area contributed by atoms with Gasteiger partial charge in [0.1, 0.15) is 5.82 Å². The van der Waals surface area contributed by atoms with Gasteiger partial charge in [0.25, 0.3) is 5.92 Å². The number of aromatic nitrogens is 1. The summed E-state index contributed by atoms with van der Waals surface area (Å²) in [5.74, 6) is -2.19. The van der Waals surface area contributed by atoms with Gasteiger partial charge in [-0.1, -0.05) is 35.9 Å². The first-order chi connectivity index (χ1) is 11.9. The van der Waals surface area contributed by atoms with E-state index in [1.54, 1.807) is 24.3 Å². The van der Waals surface area contributed by atoms with Crippen LogP contribution in [0.2, 0.25) is 0 Å². The summed E-state index contributed by atoms with van der Waals surface area (Å²) in [5.41, 5.74) is 9.46. The molecule has 4 rings (SSSR count). The number of hydrogen-bond donors (Lipinski definition) is 1. The quantitative estimate of drug-likeness (QED) is 0.703. The molecule has 0 saturated carbocycles. The number of hydrogen-bond acceptors (Lipinski definition) is 3. The maximum atomic E-state index is 14.5. The first-order valence-corrected chi connectivity index (χ1v) is 8.32. The van der Waals surface area contributed by atoms with E-state index in [0.717, 1.165) is 16.5 Å². The molecule has 0 saturated heterocycles. The number of nitrogen functional groups attached to an aromatic ring is 1. The fourth-order valence-electron chi connectivity index (χ4n) is 3.42. The lowest BCUT2D eigenvalue weighted by Crippen LogP contribution is -2.25. The number of nitrogens with zero attached hydrogens (tertiary/aromatic N) is 2. The van der Waals surface area contributed by atoms with E-state index < -0.39 is 5.92 Å². The smallest absolute Gasteiger partial charge is 0.275 e. The van der Waals surface area contributed by atoms with E-state index in [1.807, 2.05) is 30.0 Å². The molecule has 1 aromatic heterocycles. The number of halogens is 2. The number of benzene rings is 2. The summed E-state index contributed by atoms with van der Waals surface area (Å²) in [6.07, 6.45) is -0.239. The minimum atomic E-state index is -2.83. The third-order valence-corrected chi connectivity index (χ3v) is 4.77. The molecule has 2 N–H and O–H groups in total. The van der Waals surface area contributed by atoms with Crippen LogP contribution in [0.3, 0.4) is 0 Å². The molecule has 0 aliphatic carbocycles. The largest absolute Gasteiger partial charge is 0.398 e. The van der Waals surface area contributed by atoms with E-state index in [0.29, 0.717) is 23.6 Å². The third kappa shape index (κ3) is 2.80. The highest BCUT2D eigenvalue weighted by Gasteiger charge is 2.37. The zero-order chi connectivity index (χ0) is 17.6. The van der Waals surface area contributed by atoms with Crippen molar-refractivity contribution in [1.29, 1.82) is 0 Å². The van der Waals surface area contributed by atoms with Crippen LogP contribution in [-0.4, -0.2) is 11.5 Å². The molecule has 2 aromatic carbocycles. The minimum Gasteiger partial charge on any atom is -0.398 e. The van der Waals surface area contributed by atoms with Crippen molar-refractivity contribution >= 4 is 22.4 Å². The van der Waals surface area contributed by atoms with Gasteiger partial charge >= 0.3 is 0 Å². The van der Waals surface area contributed by atoms with Crippen molar-refractivity contribution in [3.05, 3.63) is 65.2 Å². The highest BCUT2D eigenvalue weighted by molar-refractivity contribution is 5.92. The van der Waals surface area contributed by atoms with Crippen LogP contribution in [0.5, 0.6) is 0 Å². The molecule has 0 fully saturated rings. The molecular weight excluding hydrogens is 320 g/mol. The molecule has 0 amide bonds. The predicted molar refractivity (Wildman–Crippen MR) is 96.9 cm³/mol. The van der Waals surface area contributed by atoms with E-state index in [2.05, 4.69) is 4.98 Å². The molecule has 25 heavy (non-hydrogen) atoms. The Bertz CT molecular complexity index is 953. The van der Waals surface area contributed by atoms with E-state index in [-0.39, 0.29) is 18.5 Å². The number of nitrogens with two attached hydrogens (primary N) is 1. The minimum absolute atomic E-state index is 0.113. The summed E-state index contributed by atoms with van der Waals surface area (Å²) >= 11 is 0. The molecule has 0 spiro atoms. The van der Waals surface area contributed by atoms with Gasteiger partial charge in [-0.05, 0) is 24.6 Å². The Morgan fingerprint density at radius 3 is 2.76 bits per heavy atom. The van der Waals surface area contributed by atoms with Crippen LogP contribution < -0.4 is 10.6 Å². The number of rotatable bonds is 1. The molecule has 128 valence electrons. The molecule has 5 heteroatoms. The van der Waals surface area contributed by atoms with Crippen LogP contribution in [0.4, 0.5) is 20.3 Å². The zero-order valence-corrected chi connectivity index (χ0v) is 14.0. The molecule has 1 aliphatic rings. The van der Waals surface area contributed by atoms with Crippen molar-refractivity contribution in [2.75, 3.05) is 17.2 Å². The second-order valence-corrected chi connectivity index (χ2v) is 6.62. The van der Waals surface area contributed by atoms with Gasteiger partial charge in [-0.3, -0.25) is 0 Å². The van der Waals surface area contributed by atoms with Crippen LogP contribution in [-0.2, 0) is 12.5 Å². The SMILES string of the molecule is Cc1ccc2nc(N3CCC(F)(F)c4ccccc4C3)cc(N)c2c1. The molecule has 0 atom stereocenters. The maximum Gasteiger partial charge on any atom is 0.275 e. The second-order valence-electron chi connectivity index (χ2n) is 6.62. The summed E-state index contributed by atoms with van der Waals surface area (Å²) in [4.78, 5) is 6.55. The molecule has 0 radical (unpaired) electrons. The van der Waals surface area contributed by atoms with Crippen LogP contribution in [0.25, 0.3) is 10.9 Å². The molecule has 3 aromatic rings. The summed E-state index contributed by atoms with van der Waals surface area (Å²) in [5, 5.41) is 0.893. The van der Waals surface area contributed by atoms with Crippen LogP contribution in [0.15, 0.2) is 48.5 Å². The van der Waals surface area contributed by atoms with Crippen LogP contribution in [0, 0.1) is 6.92 Å². The Kier molecular flexibility index (Phi) is 3.60. The van der Waals surface area contributed by atoms with Crippen molar-refractivity contribution < 1.29 is 8.78 Å². The van der Waals surface area contributed by atoms with Gasteiger partial charge in [-0.15, -0.1) is 0 Å². The fourth-order valence-corrected chi connectivity index (χ4v) is 3.42. The van der Waals surface area contributed by atoms with Gasteiger partial charge in [0.15, 0.2) is 0 Å². The molecule has 1 aliphatic heterocycles. The Morgan fingerprint density at radius 2 is 1.92 bits per heavy atom. The van der Waals surface area contributed by atoms with Gasteiger partial charge in [0, 0.05) is 42.2 Å². The molecular formula is C20H19F2N3. The second kappa shape index (κ2) is 5.69. The predicted octanol–water partition coefficient (Wildman–Crippen LogP) is 4.63. The van der Waals surface area contributed by atoms with E-state index in [9.17, 15) is 8.78 Å². The van der Waals surface area contributed by atoms with Crippen molar-refractivity contribution in [2.45, 2.75) is 25.8 Å². The summed E-state index contributed by atoms with van der Waals surface area (Å²) in [6.45, 7) is 2.63. The average Bonchev–Trinajstić information content (AvgIpc) is 2.72. The topological polar surface area (TPSA) is 42.2 Å². The number of pyridine rings is 1. The fraction of sp³-hybridized carbons (Fsp3) is 0.250. The van der Waals surface area contributed by atoms with Crippen LogP contribution >= 0.6 is 0 Å². The lowest BCUT2D eigenvalue weighted by Gasteiger charge is -2.23.